The highest BCUT2D eigenvalue weighted by atomic mass is 35.5. The lowest BCUT2D eigenvalue weighted by Crippen LogP contribution is -2.45. The fourth-order valence-corrected chi connectivity index (χ4v) is 2.92. The predicted molar refractivity (Wildman–Crippen MR) is 76.1 cm³/mol. The Kier molecular flexibility index (Phi) is 3.11. The van der Waals surface area contributed by atoms with Crippen LogP contribution in [0.3, 0.4) is 0 Å². The fourth-order valence-electron chi connectivity index (χ4n) is 2.85. The van der Waals surface area contributed by atoms with Crippen LogP contribution in [-0.2, 0) is 10.2 Å². The van der Waals surface area contributed by atoms with Gasteiger partial charge in [-0.2, -0.15) is 0 Å². The Labute approximate surface area is 118 Å². The monoisotopic (exact) mass is 276 g/mol. The van der Waals surface area contributed by atoms with Crippen LogP contribution in [0.15, 0.2) is 35.9 Å². The maximum atomic E-state index is 12.2. The van der Waals surface area contributed by atoms with Crippen molar-refractivity contribution < 1.29 is 4.79 Å². The molecule has 1 atom stereocenters. The van der Waals surface area contributed by atoms with Gasteiger partial charge in [0.05, 0.1) is 6.54 Å². The van der Waals surface area contributed by atoms with Gasteiger partial charge >= 0.3 is 0 Å². The number of hydrogen-bond acceptors (Lipinski definition) is 2. The van der Waals surface area contributed by atoms with E-state index in [4.69, 9.17) is 11.6 Å². The molecule has 1 unspecified atom stereocenters. The van der Waals surface area contributed by atoms with Crippen molar-refractivity contribution in [2.75, 3.05) is 13.1 Å². The summed E-state index contributed by atoms with van der Waals surface area (Å²) >= 11 is 5.69. The van der Waals surface area contributed by atoms with Crippen molar-refractivity contribution in [3.05, 3.63) is 47.0 Å². The first-order chi connectivity index (χ1) is 9.12. The van der Waals surface area contributed by atoms with Crippen LogP contribution < -0.4 is 10.6 Å². The Morgan fingerprint density at radius 1 is 1.47 bits per heavy atom. The summed E-state index contributed by atoms with van der Waals surface area (Å²) in [7, 11) is 0. The third-order valence-corrected chi connectivity index (χ3v) is 4.19. The molecule has 1 spiro atoms. The summed E-state index contributed by atoms with van der Waals surface area (Å²) in [4.78, 5) is 12.2. The first kappa shape index (κ1) is 12.7. The molecule has 0 radical (unpaired) electrons. The molecule has 0 bridgehead atoms. The number of halogens is 1. The Bertz CT molecular complexity index is 537. The number of benzene rings is 1. The van der Waals surface area contributed by atoms with Gasteiger partial charge in [0.15, 0.2) is 0 Å². The van der Waals surface area contributed by atoms with Gasteiger partial charge < -0.3 is 10.6 Å². The lowest BCUT2D eigenvalue weighted by Gasteiger charge is -2.32. The Morgan fingerprint density at radius 3 is 2.89 bits per heavy atom. The molecule has 1 fully saturated rings. The zero-order valence-corrected chi connectivity index (χ0v) is 11.5. The third-order valence-electron chi connectivity index (χ3n) is 4.06. The summed E-state index contributed by atoms with van der Waals surface area (Å²) in [5.41, 5.74) is 2.71. The van der Waals surface area contributed by atoms with Crippen LogP contribution in [0.1, 0.15) is 30.0 Å². The molecule has 1 aliphatic heterocycles. The van der Waals surface area contributed by atoms with Gasteiger partial charge in [-0.25, -0.2) is 0 Å². The van der Waals surface area contributed by atoms with E-state index in [1.165, 1.54) is 18.4 Å². The molecule has 1 aromatic carbocycles. The van der Waals surface area contributed by atoms with E-state index in [2.05, 4.69) is 29.3 Å². The van der Waals surface area contributed by atoms with Crippen molar-refractivity contribution in [2.24, 2.45) is 0 Å². The quantitative estimate of drug-likeness (QED) is 0.889. The second-order valence-corrected chi connectivity index (χ2v) is 5.95. The summed E-state index contributed by atoms with van der Waals surface area (Å²) in [5, 5.41) is 6.62. The Balaban J connectivity index is 1.84. The van der Waals surface area contributed by atoms with Crippen molar-refractivity contribution in [3.8, 4) is 0 Å². The molecule has 1 aliphatic carbocycles. The SMILES string of the molecule is C=C(Cl)CNC(=O)C1NCC2(CC2)c2ccccc21. The molecule has 1 amide bonds. The van der Waals surface area contributed by atoms with Gasteiger partial charge in [-0.15, -0.1) is 0 Å². The van der Waals surface area contributed by atoms with E-state index < -0.39 is 0 Å². The number of fused-ring (bicyclic) bond motifs is 2. The maximum absolute atomic E-state index is 12.2. The molecular weight excluding hydrogens is 260 g/mol. The van der Waals surface area contributed by atoms with Crippen molar-refractivity contribution in [2.45, 2.75) is 24.3 Å². The highest BCUT2D eigenvalue weighted by Crippen LogP contribution is 2.52. The third kappa shape index (κ3) is 2.28. The maximum Gasteiger partial charge on any atom is 0.242 e. The van der Waals surface area contributed by atoms with Crippen LogP contribution in [0.4, 0.5) is 0 Å². The van der Waals surface area contributed by atoms with E-state index in [0.29, 0.717) is 11.6 Å². The van der Waals surface area contributed by atoms with E-state index in [1.807, 2.05) is 12.1 Å². The molecule has 4 heteroatoms. The number of rotatable bonds is 3. The van der Waals surface area contributed by atoms with Crippen molar-refractivity contribution in [3.63, 3.8) is 0 Å². The normalized spacial score (nSPS) is 22.7. The largest absolute Gasteiger partial charge is 0.349 e. The molecule has 100 valence electrons. The lowest BCUT2D eigenvalue weighted by atomic mass is 9.84. The highest BCUT2D eigenvalue weighted by Gasteiger charge is 2.49. The smallest absolute Gasteiger partial charge is 0.242 e. The Hall–Kier alpha value is -1.32. The second kappa shape index (κ2) is 4.66. The van der Waals surface area contributed by atoms with Crippen LogP contribution in [0.2, 0.25) is 0 Å². The number of amides is 1. The standard InChI is InChI=1S/C15H17ClN2O/c1-10(16)8-17-14(19)13-11-4-2-3-5-12(11)15(6-7-15)9-18-13/h2-5,13,18H,1,6-9H2,(H,17,19). The average molecular weight is 277 g/mol. The van der Waals surface area contributed by atoms with Crippen LogP contribution in [0, 0.1) is 0 Å². The minimum absolute atomic E-state index is 0.0373. The van der Waals surface area contributed by atoms with Gasteiger partial charge in [0.25, 0.3) is 0 Å². The molecule has 1 aromatic rings. The van der Waals surface area contributed by atoms with Crippen molar-refractivity contribution in [1.82, 2.24) is 10.6 Å². The number of carbonyl (C=O) groups excluding carboxylic acids is 1. The molecule has 2 aliphatic rings. The van der Waals surface area contributed by atoms with Crippen LogP contribution in [0.25, 0.3) is 0 Å². The van der Waals surface area contributed by atoms with E-state index in [1.54, 1.807) is 0 Å². The van der Waals surface area contributed by atoms with Gasteiger partial charge in [-0.05, 0) is 24.0 Å². The number of carbonyl (C=O) groups is 1. The summed E-state index contributed by atoms with van der Waals surface area (Å²) in [6.45, 7) is 4.77. The molecule has 19 heavy (non-hydrogen) atoms. The molecule has 0 saturated heterocycles. The zero-order chi connectivity index (χ0) is 13.5. The van der Waals surface area contributed by atoms with Gasteiger partial charge in [0.2, 0.25) is 5.91 Å². The topological polar surface area (TPSA) is 41.1 Å². The van der Waals surface area contributed by atoms with Gasteiger partial charge in [-0.3, -0.25) is 4.79 Å². The zero-order valence-electron chi connectivity index (χ0n) is 10.7. The molecule has 0 aromatic heterocycles. The Morgan fingerprint density at radius 2 is 2.21 bits per heavy atom. The van der Waals surface area contributed by atoms with Gasteiger partial charge in [0.1, 0.15) is 6.04 Å². The van der Waals surface area contributed by atoms with E-state index in [-0.39, 0.29) is 17.4 Å². The van der Waals surface area contributed by atoms with E-state index in [0.717, 1.165) is 12.1 Å². The molecule has 1 heterocycles. The van der Waals surface area contributed by atoms with Gasteiger partial charge in [-0.1, -0.05) is 42.4 Å². The molecule has 3 nitrogen and oxygen atoms in total. The first-order valence-corrected chi connectivity index (χ1v) is 6.94. The van der Waals surface area contributed by atoms with Crippen molar-refractivity contribution in [1.29, 1.82) is 0 Å². The predicted octanol–water partition coefficient (Wildman–Crippen LogP) is 2.23. The highest BCUT2D eigenvalue weighted by molar-refractivity contribution is 6.29. The molecular formula is C15H17ClN2O. The van der Waals surface area contributed by atoms with Crippen LogP contribution in [-0.4, -0.2) is 19.0 Å². The van der Waals surface area contributed by atoms with Crippen molar-refractivity contribution >= 4 is 17.5 Å². The second-order valence-electron chi connectivity index (χ2n) is 5.42. The summed E-state index contributed by atoms with van der Waals surface area (Å²) in [5.74, 6) is -0.0373. The fraction of sp³-hybridized carbons (Fsp3) is 0.400. The molecule has 3 rings (SSSR count). The number of nitrogens with one attached hydrogen (secondary N) is 2. The van der Waals surface area contributed by atoms with E-state index >= 15 is 0 Å². The van der Waals surface area contributed by atoms with Crippen LogP contribution in [0.5, 0.6) is 0 Å². The average Bonchev–Trinajstić information content (AvgIpc) is 3.17. The first-order valence-electron chi connectivity index (χ1n) is 6.56. The van der Waals surface area contributed by atoms with E-state index in [9.17, 15) is 4.79 Å². The summed E-state index contributed by atoms with van der Waals surface area (Å²) in [6.07, 6.45) is 2.42. The minimum atomic E-state index is -0.279. The molecule has 2 N–H and O–H groups in total. The van der Waals surface area contributed by atoms with Crippen LogP contribution >= 0.6 is 11.6 Å². The van der Waals surface area contributed by atoms with Gasteiger partial charge in [0, 0.05) is 17.0 Å². The lowest BCUT2D eigenvalue weighted by molar-refractivity contribution is -0.123. The minimum Gasteiger partial charge on any atom is -0.349 e. The number of hydrogen-bond donors (Lipinski definition) is 2. The summed E-state index contributed by atoms with van der Waals surface area (Å²) < 4.78 is 0. The summed E-state index contributed by atoms with van der Waals surface area (Å²) in [6, 6.07) is 7.96. The molecule has 1 saturated carbocycles.